The van der Waals surface area contributed by atoms with Crippen molar-refractivity contribution in [2.75, 3.05) is 5.32 Å². The standard InChI is InChI=1S/C21H24ClN5O2/c1-21(2,3)18-10-17(27(26-18)16-6-4-5-15(22)9-16)12-24-20(29)25-19-8-7-14(13-28)11-23-19/h4-11,28H,12-13H2,1-3H3,(H2,23,24,25,29). The highest BCUT2D eigenvalue weighted by Gasteiger charge is 2.21. The van der Waals surface area contributed by atoms with E-state index in [1.54, 1.807) is 22.9 Å². The lowest BCUT2D eigenvalue weighted by molar-refractivity contribution is 0.251. The summed E-state index contributed by atoms with van der Waals surface area (Å²) >= 11 is 6.14. The van der Waals surface area contributed by atoms with E-state index >= 15 is 0 Å². The van der Waals surface area contributed by atoms with Crippen LogP contribution in [0.5, 0.6) is 0 Å². The minimum atomic E-state index is -0.384. The molecule has 0 fully saturated rings. The number of carbonyl (C=O) groups excluding carboxylic acids is 1. The summed E-state index contributed by atoms with van der Waals surface area (Å²) in [6.07, 6.45) is 1.51. The molecule has 0 aliphatic heterocycles. The largest absolute Gasteiger partial charge is 0.392 e. The van der Waals surface area contributed by atoms with E-state index in [4.69, 9.17) is 21.8 Å². The van der Waals surface area contributed by atoms with Gasteiger partial charge >= 0.3 is 6.03 Å². The number of pyridine rings is 1. The second-order valence-electron chi connectivity index (χ2n) is 7.68. The molecule has 0 bridgehead atoms. The molecule has 2 aromatic heterocycles. The van der Waals surface area contributed by atoms with E-state index in [2.05, 4.69) is 36.4 Å². The van der Waals surface area contributed by atoms with Crippen LogP contribution in [-0.4, -0.2) is 25.9 Å². The Kier molecular flexibility index (Phi) is 6.20. The van der Waals surface area contributed by atoms with Gasteiger partial charge in [0.2, 0.25) is 0 Å². The number of nitrogens with zero attached hydrogens (tertiary/aromatic N) is 3. The van der Waals surface area contributed by atoms with E-state index in [9.17, 15) is 4.79 Å². The third kappa shape index (κ3) is 5.34. The zero-order valence-corrected chi connectivity index (χ0v) is 17.4. The van der Waals surface area contributed by atoms with Crippen LogP contribution in [0, 0.1) is 0 Å². The van der Waals surface area contributed by atoms with Crippen LogP contribution in [0.2, 0.25) is 5.02 Å². The smallest absolute Gasteiger partial charge is 0.320 e. The predicted molar refractivity (Wildman–Crippen MR) is 113 cm³/mol. The van der Waals surface area contributed by atoms with Crippen molar-refractivity contribution in [2.24, 2.45) is 0 Å². The van der Waals surface area contributed by atoms with Gasteiger partial charge in [-0.2, -0.15) is 5.10 Å². The fourth-order valence-electron chi connectivity index (χ4n) is 2.67. The Balaban J connectivity index is 1.76. The third-order valence-electron chi connectivity index (χ3n) is 4.28. The van der Waals surface area contributed by atoms with E-state index in [1.807, 2.05) is 24.3 Å². The monoisotopic (exact) mass is 413 g/mol. The SMILES string of the molecule is CC(C)(C)c1cc(CNC(=O)Nc2ccc(CO)cn2)n(-c2cccc(Cl)c2)n1. The molecule has 29 heavy (non-hydrogen) atoms. The number of carbonyl (C=O) groups is 1. The van der Waals surface area contributed by atoms with Crippen molar-refractivity contribution in [1.29, 1.82) is 0 Å². The number of benzene rings is 1. The predicted octanol–water partition coefficient (Wildman–Crippen LogP) is 4.03. The number of halogens is 1. The Morgan fingerprint density at radius 1 is 1.21 bits per heavy atom. The van der Waals surface area contributed by atoms with Crippen LogP contribution in [-0.2, 0) is 18.6 Å². The molecule has 8 heteroatoms. The zero-order valence-electron chi connectivity index (χ0n) is 16.6. The topological polar surface area (TPSA) is 92.1 Å². The lowest BCUT2D eigenvalue weighted by Gasteiger charge is -2.14. The van der Waals surface area contributed by atoms with Crippen LogP contribution in [0.15, 0.2) is 48.7 Å². The minimum absolute atomic E-state index is 0.0942. The molecule has 0 unspecified atom stereocenters. The molecule has 0 spiro atoms. The van der Waals surface area contributed by atoms with E-state index in [1.165, 1.54) is 6.20 Å². The van der Waals surface area contributed by atoms with E-state index < -0.39 is 0 Å². The third-order valence-corrected chi connectivity index (χ3v) is 4.52. The van der Waals surface area contributed by atoms with Gasteiger partial charge in [-0.25, -0.2) is 14.5 Å². The van der Waals surface area contributed by atoms with Crippen molar-refractivity contribution in [1.82, 2.24) is 20.1 Å². The molecule has 7 nitrogen and oxygen atoms in total. The van der Waals surface area contributed by atoms with Gasteiger partial charge in [0.1, 0.15) is 5.82 Å². The van der Waals surface area contributed by atoms with E-state index in [-0.39, 0.29) is 24.6 Å². The zero-order chi connectivity index (χ0) is 21.0. The number of aliphatic hydroxyl groups excluding tert-OH is 1. The highest BCUT2D eigenvalue weighted by Crippen LogP contribution is 2.24. The maximum absolute atomic E-state index is 12.3. The molecule has 2 amide bonds. The number of rotatable bonds is 5. The minimum Gasteiger partial charge on any atom is -0.392 e. The van der Waals surface area contributed by atoms with Crippen LogP contribution in [0.4, 0.5) is 10.6 Å². The number of hydrogen-bond acceptors (Lipinski definition) is 4. The lowest BCUT2D eigenvalue weighted by atomic mass is 9.92. The molecule has 0 atom stereocenters. The molecule has 3 aromatic rings. The molecule has 1 aromatic carbocycles. The van der Waals surface area contributed by atoms with Gasteiger partial charge in [-0.3, -0.25) is 5.32 Å². The summed E-state index contributed by atoms with van der Waals surface area (Å²) in [6.45, 7) is 6.44. The number of nitrogens with one attached hydrogen (secondary N) is 2. The highest BCUT2D eigenvalue weighted by atomic mass is 35.5. The van der Waals surface area contributed by atoms with Gasteiger partial charge in [-0.05, 0) is 35.9 Å². The van der Waals surface area contributed by atoms with Gasteiger partial charge in [0.15, 0.2) is 0 Å². The van der Waals surface area contributed by atoms with Gasteiger partial charge in [0.25, 0.3) is 0 Å². The lowest BCUT2D eigenvalue weighted by Crippen LogP contribution is -2.29. The van der Waals surface area contributed by atoms with Crippen molar-refractivity contribution < 1.29 is 9.90 Å². The van der Waals surface area contributed by atoms with E-state index in [0.717, 1.165) is 17.1 Å². The first-order chi connectivity index (χ1) is 13.8. The Morgan fingerprint density at radius 2 is 2.00 bits per heavy atom. The molecule has 0 aliphatic carbocycles. The summed E-state index contributed by atoms with van der Waals surface area (Å²) in [5, 5.41) is 19.9. The first kappa shape index (κ1) is 20.8. The molecule has 0 saturated carbocycles. The Hall–Kier alpha value is -2.90. The molecule has 0 aliphatic rings. The molecule has 3 N–H and O–H groups in total. The molecule has 152 valence electrons. The van der Waals surface area contributed by atoms with Crippen molar-refractivity contribution in [2.45, 2.75) is 39.3 Å². The molecular formula is C21H24ClN5O2. The molecular weight excluding hydrogens is 390 g/mol. The first-order valence-corrected chi connectivity index (χ1v) is 9.60. The fourth-order valence-corrected chi connectivity index (χ4v) is 2.85. The molecule has 0 saturated heterocycles. The maximum atomic E-state index is 12.3. The average Bonchev–Trinajstić information content (AvgIpc) is 3.12. The van der Waals surface area contributed by atoms with Crippen LogP contribution in [0.1, 0.15) is 37.7 Å². The Bertz CT molecular complexity index is 993. The summed E-state index contributed by atoms with van der Waals surface area (Å²) in [6, 6.07) is 12.4. The number of amides is 2. The second kappa shape index (κ2) is 8.63. The first-order valence-electron chi connectivity index (χ1n) is 9.22. The summed E-state index contributed by atoms with van der Waals surface area (Å²) in [7, 11) is 0. The summed E-state index contributed by atoms with van der Waals surface area (Å²) in [4.78, 5) is 16.4. The van der Waals surface area contributed by atoms with Crippen molar-refractivity contribution in [3.05, 3.63) is 70.6 Å². The van der Waals surface area contributed by atoms with Gasteiger partial charge in [-0.15, -0.1) is 0 Å². The average molecular weight is 414 g/mol. The summed E-state index contributed by atoms with van der Waals surface area (Å²) in [5.41, 5.74) is 3.11. The summed E-state index contributed by atoms with van der Waals surface area (Å²) in [5.74, 6) is 0.401. The molecule has 3 rings (SSSR count). The van der Waals surface area contributed by atoms with Gasteiger partial charge in [-0.1, -0.05) is 44.5 Å². The Morgan fingerprint density at radius 3 is 2.62 bits per heavy atom. The number of aliphatic hydroxyl groups is 1. The van der Waals surface area contributed by atoms with Crippen LogP contribution in [0.25, 0.3) is 5.69 Å². The van der Waals surface area contributed by atoms with Gasteiger partial charge in [0, 0.05) is 16.6 Å². The summed E-state index contributed by atoms with van der Waals surface area (Å²) < 4.78 is 1.79. The van der Waals surface area contributed by atoms with Crippen LogP contribution >= 0.6 is 11.6 Å². The normalized spacial score (nSPS) is 11.3. The van der Waals surface area contributed by atoms with Crippen LogP contribution < -0.4 is 10.6 Å². The fraction of sp³-hybridized carbons (Fsp3) is 0.286. The second-order valence-corrected chi connectivity index (χ2v) is 8.12. The van der Waals surface area contributed by atoms with Gasteiger partial charge < -0.3 is 10.4 Å². The van der Waals surface area contributed by atoms with Crippen molar-refractivity contribution in [3.63, 3.8) is 0 Å². The van der Waals surface area contributed by atoms with Crippen LogP contribution in [0.3, 0.4) is 0 Å². The number of urea groups is 1. The van der Waals surface area contributed by atoms with E-state index in [0.29, 0.717) is 16.4 Å². The Labute approximate surface area is 174 Å². The number of aromatic nitrogens is 3. The highest BCUT2D eigenvalue weighted by molar-refractivity contribution is 6.30. The van der Waals surface area contributed by atoms with Crippen molar-refractivity contribution >= 4 is 23.4 Å². The molecule has 0 radical (unpaired) electrons. The van der Waals surface area contributed by atoms with Crippen molar-refractivity contribution in [3.8, 4) is 5.69 Å². The van der Waals surface area contributed by atoms with Gasteiger partial charge in [0.05, 0.1) is 30.2 Å². The number of anilines is 1. The maximum Gasteiger partial charge on any atom is 0.320 e. The number of hydrogen-bond donors (Lipinski definition) is 3. The molecule has 2 heterocycles. The quantitative estimate of drug-likeness (QED) is 0.588.